The molecule has 2 N–H and O–H groups in total. The number of ether oxygens (including phenoxy) is 2. The summed E-state index contributed by atoms with van der Waals surface area (Å²) in [7, 11) is -3.45. The van der Waals surface area contributed by atoms with Crippen LogP contribution < -0.4 is 15.0 Å². The molecular formula is C10H13NO5S. The van der Waals surface area contributed by atoms with Crippen molar-refractivity contribution in [1.29, 1.82) is 0 Å². The number of hydrogen-bond donors (Lipinski definition) is 2. The second-order valence-corrected chi connectivity index (χ2v) is 5.64. The van der Waals surface area contributed by atoms with Crippen LogP contribution in [0.4, 0.5) is 0 Å². The molecule has 0 saturated carbocycles. The van der Waals surface area contributed by atoms with Gasteiger partial charge >= 0.3 is 0 Å². The summed E-state index contributed by atoms with van der Waals surface area (Å²) in [5, 5.41) is 8.70. The molecular weight excluding hydrogens is 246 g/mol. The molecule has 1 aliphatic heterocycles. The van der Waals surface area contributed by atoms with Gasteiger partial charge in [-0.05, 0) is 11.6 Å². The molecule has 0 saturated heterocycles. The lowest BCUT2D eigenvalue weighted by atomic mass is 10.2. The van der Waals surface area contributed by atoms with E-state index in [1.165, 1.54) is 0 Å². The Kier molecular flexibility index (Phi) is 3.23. The van der Waals surface area contributed by atoms with Crippen LogP contribution in [0.15, 0.2) is 17.0 Å². The fourth-order valence-electron chi connectivity index (χ4n) is 1.76. The molecule has 1 aliphatic rings. The molecule has 7 heteroatoms. The summed E-state index contributed by atoms with van der Waals surface area (Å²) in [6, 6.07) is 3.23. The molecule has 1 heterocycles. The van der Waals surface area contributed by atoms with Gasteiger partial charge in [0.1, 0.15) is 18.1 Å². The summed E-state index contributed by atoms with van der Waals surface area (Å²) in [6.07, 6.45) is 1.10. The van der Waals surface area contributed by atoms with Crippen LogP contribution in [-0.4, -0.2) is 33.1 Å². The van der Waals surface area contributed by atoms with Crippen molar-refractivity contribution in [3.63, 3.8) is 0 Å². The highest BCUT2D eigenvalue weighted by molar-refractivity contribution is 7.90. The van der Waals surface area contributed by atoms with Crippen molar-refractivity contribution in [1.82, 2.24) is 5.48 Å². The Morgan fingerprint density at radius 1 is 1.35 bits per heavy atom. The lowest BCUT2D eigenvalue weighted by molar-refractivity contribution is 0.156. The van der Waals surface area contributed by atoms with Crippen molar-refractivity contribution in [2.45, 2.75) is 11.4 Å². The van der Waals surface area contributed by atoms with Crippen LogP contribution in [0.3, 0.4) is 0 Å². The van der Waals surface area contributed by atoms with E-state index in [-0.39, 0.29) is 17.2 Å². The van der Waals surface area contributed by atoms with Gasteiger partial charge in [0.05, 0.1) is 0 Å². The standard InChI is InChI=1S/C10H13NO5S/c1-17(13,14)10-7(6-11-12)2-3-8-9(10)16-5-4-15-8/h2-3,11-12H,4-6H2,1H3. The third-order valence-electron chi connectivity index (χ3n) is 2.39. The lowest BCUT2D eigenvalue weighted by Crippen LogP contribution is -2.19. The average Bonchev–Trinajstić information content (AvgIpc) is 2.27. The first-order chi connectivity index (χ1) is 8.04. The van der Waals surface area contributed by atoms with E-state index in [4.69, 9.17) is 14.7 Å². The molecule has 6 nitrogen and oxygen atoms in total. The Bertz CT molecular complexity index is 526. The zero-order chi connectivity index (χ0) is 12.5. The number of rotatable bonds is 3. The molecule has 0 amide bonds. The highest BCUT2D eigenvalue weighted by Gasteiger charge is 2.25. The second kappa shape index (κ2) is 4.52. The number of benzene rings is 1. The molecule has 0 atom stereocenters. The molecule has 0 aromatic heterocycles. The van der Waals surface area contributed by atoms with E-state index in [9.17, 15) is 8.42 Å². The van der Waals surface area contributed by atoms with E-state index in [0.717, 1.165) is 6.26 Å². The molecule has 0 radical (unpaired) electrons. The fourth-order valence-corrected chi connectivity index (χ4v) is 2.87. The molecule has 0 fully saturated rings. The van der Waals surface area contributed by atoms with Gasteiger partial charge in [-0.3, -0.25) is 0 Å². The third kappa shape index (κ3) is 2.36. The van der Waals surface area contributed by atoms with E-state index in [2.05, 4.69) is 0 Å². The van der Waals surface area contributed by atoms with Crippen molar-refractivity contribution in [3.05, 3.63) is 17.7 Å². The number of sulfone groups is 1. The van der Waals surface area contributed by atoms with Crippen LogP contribution in [-0.2, 0) is 16.4 Å². The molecule has 17 heavy (non-hydrogen) atoms. The third-order valence-corrected chi connectivity index (χ3v) is 3.57. The van der Waals surface area contributed by atoms with Gasteiger partial charge in [0.2, 0.25) is 0 Å². The van der Waals surface area contributed by atoms with E-state index in [0.29, 0.717) is 24.5 Å². The van der Waals surface area contributed by atoms with E-state index >= 15 is 0 Å². The van der Waals surface area contributed by atoms with Gasteiger partial charge in [-0.25, -0.2) is 13.9 Å². The summed E-state index contributed by atoms with van der Waals surface area (Å²) in [6.45, 7) is 0.734. The molecule has 94 valence electrons. The number of hydroxylamine groups is 1. The molecule has 0 bridgehead atoms. The van der Waals surface area contributed by atoms with Crippen LogP contribution >= 0.6 is 0 Å². The Hall–Kier alpha value is -1.31. The van der Waals surface area contributed by atoms with Gasteiger partial charge < -0.3 is 14.7 Å². The molecule has 1 aromatic carbocycles. The first-order valence-electron chi connectivity index (χ1n) is 5.02. The fraction of sp³-hybridized carbons (Fsp3) is 0.400. The van der Waals surface area contributed by atoms with Crippen molar-refractivity contribution >= 4 is 9.84 Å². The van der Waals surface area contributed by atoms with E-state index < -0.39 is 9.84 Å². The van der Waals surface area contributed by atoms with Crippen LogP contribution in [0.1, 0.15) is 5.56 Å². The van der Waals surface area contributed by atoms with E-state index in [1.54, 1.807) is 12.1 Å². The molecule has 0 spiro atoms. The van der Waals surface area contributed by atoms with Crippen molar-refractivity contribution in [3.8, 4) is 11.5 Å². The summed E-state index contributed by atoms with van der Waals surface area (Å²) in [5.41, 5.74) is 2.39. The molecule has 0 unspecified atom stereocenters. The predicted molar refractivity (Wildman–Crippen MR) is 59.2 cm³/mol. The summed E-state index contributed by atoms with van der Waals surface area (Å²) in [4.78, 5) is 0.0660. The van der Waals surface area contributed by atoms with Gasteiger partial charge in [-0.1, -0.05) is 6.07 Å². The molecule has 0 aliphatic carbocycles. The largest absolute Gasteiger partial charge is 0.486 e. The maximum absolute atomic E-state index is 11.8. The van der Waals surface area contributed by atoms with Gasteiger partial charge in [0.25, 0.3) is 0 Å². The SMILES string of the molecule is CS(=O)(=O)c1c(CNO)ccc2c1OCCO2. The zero-order valence-electron chi connectivity index (χ0n) is 9.26. The highest BCUT2D eigenvalue weighted by atomic mass is 32.2. The lowest BCUT2D eigenvalue weighted by Gasteiger charge is -2.22. The van der Waals surface area contributed by atoms with Crippen molar-refractivity contribution < 1.29 is 23.1 Å². The Morgan fingerprint density at radius 3 is 2.71 bits per heavy atom. The maximum atomic E-state index is 11.8. The summed E-state index contributed by atoms with van der Waals surface area (Å²) < 4.78 is 34.2. The molecule has 2 rings (SSSR count). The van der Waals surface area contributed by atoms with Gasteiger partial charge in [-0.15, -0.1) is 0 Å². The number of nitrogens with one attached hydrogen (secondary N) is 1. The summed E-state index contributed by atoms with van der Waals surface area (Å²) in [5.74, 6) is 0.643. The zero-order valence-corrected chi connectivity index (χ0v) is 10.1. The van der Waals surface area contributed by atoms with Gasteiger partial charge in [-0.2, -0.15) is 0 Å². The van der Waals surface area contributed by atoms with Crippen LogP contribution in [0.5, 0.6) is 11.5 Å². The minimum atomic E-state index is -3.45. The second-order valence-electron chi connectivity index (χ2n) is 3.69. The van der Waals surface area contributed by atoms with Crippen LogP contribution in [0.2, 0.25) is 0 Å². The summed E-state index contributed by atoms with van der Waals surface area (Å²) >= 11 is 0. The number of fused-ring (bicyclic) bond motifs is 1. The first-order valence-corrected chi connectivity index (χ1v) is 6.91. The Morgan fingerprint density at radius 2 is 2.06 bits per heavy atom. The monoisotopic (exact) mass is 259 g/mol. The quantitative estimate of drug-likeness (QED) is 0.761. The van der Waals surface area contributed by atoms with Gasteiger partial charge in [0.15, 0.2) is 21.3 Å². The minimum Gasteiger partial charge on any atom is -0.486 e. The highest BCUT2D eigenvalue weighted by Crippen LogP contribution is 2.38. The first kappa shape index (κ1) is 12.2. The van der Waals surface area contributed by atoms with E-state index in [1.807, 2.05) is 5.48 Å². The predicted octanol–water partition coefficient (Wildman–Crippen LogP) is 0.340. The normalized spacial score (nSPS) is 14.7. The van der Waals surface area contributed by atoms with Crippen molar-refractivity contribution in [2.24, 2.45) is 0 Å². The number of hydrogen-bond acceptors (Lipinski definition) is 6. The molecule has 1 aromatic rings. The van der Waals surface area contributed by atoms with Crippen molar-refractivity contribution in [2.75, 3.05) is 19.5 Å². The van der Waals surface area contributed by atoms with Crippen LogP contribution in [0, 0.1) is 0 Å². The van der Waals surface area contributed by atoms with Gasteiger partial charge in [0, 0.05) is 12.8 Å². The topological polar surface area (TPSA) is 84.9 Å². The average molecular weight is 259 g/mol. The Balaban J connectivity index is 2.64. The minimum absolute atomic E-state index is 0.0268. The smallest absolute Gasteiger partial charge is 0.180 e. The Labute approximate surface area is 99.0 Å². The van der Waals surface area contributed by atoms with Crippen LogP contribution in [0.25, 0.3) is 0 Å². The maximum Gasteiger partial charge on any atom is 0.180 e.